The largest absolute Gasteiger partial charge is 0.316 e. The minimum absolute atomic E-state index is 0.0908. The van der Waals surface area contributed by atoms with Gasteiger partial charge in [0.15, 0.2) is 0 Å². The second kappa shape index (κ2) is 6.01. The zero-order valence-corrected chi connectivity index (χ0v) is 10.7. The van der Waals surface area contributed by atoms with Crippen molar-refractivity contribution in [2.75, 3.05) is 18.8 Å². The Kier molecular flexibility index (Phi) is 4.38. The van der Waals surface area contributed by atoms with Gasteiger partial charge in [-0.2, -0.15) is 0 Å². The second-order valence-electron chi connectivity index (χ2n) is 4.31. The summed E-state index contributed by atoms with van der Waals surface area (Å²) in [5.74, 6) is 0.742. The Morgan fingerprint density at radius 2 is 2.44 bits per heavy atom. The minimum Gasteiger partial charge on any atom is -0.316 e. The van der Waals surface area contributed by atoms with Gasteiger partial charge in [0.05, 0.1) is 15.7 Å². The molecule has 2 heterocycles. The smallest absolute Gasteiger partial charge is 0.303 e. The Labute approximate surface area is 107 Å². The SMILES string of the molecule is O=[N+]([O-])c1cccnc1[S@](=O)C[C@@H]1CCCNC1. The standard InChI is InChI=1S/C11H15N3O3S/c15-14(16)10-4-2-6-13-11(10)18(17)8-9-3-1-5-12-7-9/h2,4,6,9,12H,1,3,5,7-8H2/t9-,18-/m1/s1. The van der Waals surface area contributed by atoms with Crippen LogP contribution in [0.3, 0.4) is 0 Å². The van der Waals surface area contributed by atoms with Crippen LogP contribution >= 0.6 is 0 Å². The lowest BCUT2D eigenvalue weighted by atomic mass is 10.0. The van der Waals surface area contributed by atoms with Gasteiger partial charge >= 0.3 is 5.69 Å². The first-order valence-electron chi connectivity index (χ1n) is 5.87. The molecule has 0 bridgehead atoms. The third-order valence-electron chi connectivity index (χ3n) is 2.95. The molecule has 0 radical (unpaired) electrons. The Morgan fingerprint density at radius 1 is 1.61 bits per heavy atom. The van der Waals surface area contributed by atoms with E-state index in [0.29, 0.717) is 11.7 Å². The van der Waals surface area contributed by atoms with E-state index in [2.05, 4.69) is 10.3 Å². The van der Waals surface area contributed by atoms with Crippen molar-refractivity contribution in [3.05, 3.63) is 28.4 Å². The summed E-state index contributed by atoms with van der Waals surface area (Å²) in [6.07, 6.45) is 3.52. The van der Waals surface area contributed by atoms with Crippen molar-refractivity contribution in [2.45, 2.75) is 17.9 Å². The third kappa shape index (κ3) is 3.11. The number of aromatic nitrogens is 1. The van der Waals surface area contributed by atoms with Crippen LogP contribution in [0.4, 0.5) is 5.69 Å². The zero-order chi connectivity index (χ0) is 13.0. The average molecular weight is 269 g/mol. The molecule has 0 unspecified atom stereocenters. The van der Waals surface area contributed by atoms with Gasteiger partial charge < -0.3 is 5.32 Å². The van der Waals surface area contributed by atoms with E-state index in [0.717, 1.165) is 25.9 Å². The van der Waals surface area contributed by atoms with Crippen LogP contribution in [0.15, 0.2) is 23.4 Å². The van der Waals surface area contributed by atoms with Gasteiger partial charge in [-0.1, -0.05) is 0 Å². The highest BCUT2D eigenvalue weighted by molar-refractivity contribution is 7.85. The van der Waals surface area contributed by atoms with Gasteiger partial charge in [-0.15, -0.1) is 0 Å². The summed E-state index contributed by atoms with van der Waals surface area (Å²) in [6, 6.07) is 2.83. The van der Waals surface area contributed by atoms with Crippen molar-refractivity contribution in [3.8, 4) is 0 Å². The Balaban J connectivity index is 2.10. The molecule has 7 heteroatoms. The number of pyridine rings is 1. The molecule has 1 aromatic rings. The quantitative estimate of drug-likeness (QED) is 0.653. The molecule has 1 aliphatic heterocycles. The summed E-state index contributed by atoms with van der Waals surface area (Å²) < 4.78 is 12.2. The summed E-state index contributed by atoms with van der Waals surface area (Å²) in [6.45, 7) is 1.82. The predicted molar refractivity (Wildman–Crippen MR) is 67.8 cm³/mol. The van der Waals surface area contributed by atoms with Crippen molar-refractivity contribution < 1.29 is 9.13 Å². The lowest BCUT2D eigenvalue weighted by molar-refractivity contribution is -0.388. The first kappa shape index (κ1) is 13.1. The van der Waals surface area contributed by atoms with Crippen LogP contribution in [0.2, 0.25) is 0 Å². The average Bonchev–Trinajstić information content (AvgIpc) is 2.40. The molecule has 0 aromatic carbocycles. The summed E-state index contributed by atoms with van der Waals surface area (Å²) >= 11 is 0. The summed E-state index contributed by atoms with van der Waals surface area (Å²) in [4.78, 5) is 14.2. The third-order valence-corrected chi connectivity index (χ3v) is 4.47. The molecule has 18 heavy (non-hydrogen) atoms. The van der Waals surface area contributed by atoms with Gasteiger partial charge in [0.2, 0.25) is 5.03 Å². The number of hydrogen-bond donors (Lipinski definition) is 1. The molecule has 0 amide bonds. The molecule has 1 saturated heterocycles. The van der Waals surface area contributed by atoms with E-state index in [-0.39, 0.29) is 10.7 Å². The molecule has 2 rings (SSSR count). The monoisotopic (exact) mass is 269 g/mol. The number of nitrogens with zero attached hydrogens (tertiary/aromatic N) is 2. The first-order chi connectivity index (χ1) is 8.68. The topological polar surface area (TPSA) is 85.1 Å². The molecule has 0 saturated carbocycles. The van der Waals surface area contributed by atoms with Crippen LogP contribution in [-0.4, -0.2) is 33.0 Å². The van der Waals surface area contributed by atoms with Crippen LogP contribution < -0.4 is 5.32 Å². The summed E-state index contributed by atoms with van der Waals surface area (Å²) in [5, 5.41) is 14.2. The van der Waals surface area contributed by atoms with Crippen molar-refractivity contribution in [1.29, 1.82) is 0 Å². The number of piperidine rings is 1. The Morgan fingerprint density at radius 3 is 3.11 bits per heavy atom. The van der Waals surface area contributed by atoms with Gasteiger partial charge in [0.25, 0.3) is 0 Å². The van der Waals surface area contributed by atoms with Gasteiger partial charge in [0.1, 0.15) is 0 Å². The van der Waals surface area contributed by atoms with Gasteiger partial charge in [-0.05, 0) is 37.9 Å². The zero-order valence-electron chi connectivity index (χ0n) is 9.87. The molecule has 0 aliphatic carbocycles. The Hall–Kier alpha value is -1.34. The van der Waals surface area contributed by atoms with Crippen LogP contribution in [0.1, 0.15) is 12.8 Å². The van der Waals surface area contributed by atoms with E-state index >= 15 is 0 Å². The van der Waals surface area contributed by atoms with Crippen LogP contribution in [0.5, 0.6) is 0 Å². The molecular formula is C11H15N3O3S. The fourth-order valence-electron chi connectivity index (χ4n) is 2.06. The highest BCUT2D eigenvalue weighted by Gasteiger charge is 2.23. The number of rotatable bonds is 4. The normalized spacial score (nSPS) is 21.4. The van der Waals surface area contributed by atoms with E-state index in [1.807, 2.05) is 0 Å². The fourth-order valence-corrected chi connectivity index (χ4v) is 3.48. The maximum absolute atomic E-state index is 12.2. The molecule has 1 fully saturated rings. The fraction of sp³-hybridized carbons (Fsp3) is 0.545. The van der Waals surface area contributed by atoms with Crippen LogP contribution in [0, 0.1) is 16.0 Å². The number of nitro groups is 1. The highest BCUT2D eigenvalue weighted by Crippen LogP contribution is 2.21. The minimum atomic E-state index is -1.41. The van der Waals surface area contributed by atoms with Gasteiger partial charge in [-0.3, -0.25) is 14.3 Å². The molecule has 0 spiro atoms. The second-order valence-corrected chi connectivity index (χ2v) is 5.72. The van der Waals surface area contributed by atoms with Gasteiger partial charge in [0, 0.05) is 18.0 Å². The maximum atomic E-state index is 12.2. The predicted octanol–water partition coefficient (Wildman–Crippen LogP) is 1.10. The van der Waals surface area contributed by atoms with Crippen molar-refractivity contribution in [1.82, 2.24) is 10.3 Å². The van der Waals surface area contributed by atoms with Crippen molar-refractivity contribution in [2.24, 2.45) is 5.92 Å². The van der Waals surface area contributed by atoms with E-state index in [1.54, 1.807) is 0 Å². The molecule has 98 valence electrons. The maximum Gasteiger partial charge on any atom is 0.303 e. The lowest BCUT2D eigenvalue weighted by Crippen LogP contribution is -2.32. The van der Waals surface area contributed by atoms with Gasteiger partial charge in [-0.25, -0.2) is 4.98 Å². The molecule has 1 aromatic heterocycles. The molecule has 1 aliphatic rings. The van der Waals surface area contributed by atoms with Crippen molar-refractivity contribution in [3.63, 3.8) is 0 Å². The number of hydrogen-bond acceptors (Lipinski definition) is 5. The van der Waals surface area contributed by atoms with E-state index in [4.69, 9.17) is 0 Å². The molecule has 6 nitrogen and oxygen atoms in total. The molecule has 2 atom stereocenters. The summed E-state index contributed by atoms with van der Waals surface area (Å²) in [5.41, 5.74) is -0.153. The van der Waals surface area contributed by atoms with E-state index < -0.39 is 15.7 Å². The van der Waals surface area contributed by atoms with Crippen LogP contribution in [-0.2, 0) is 10.8 Å². The summed E-state index contributed by atoms with van der Waals surface area (Å²) in [7, 11) is -1.41. The van der Waals surface area contributed by atoms with Crippen LogP contribution in [0.25, 0.3) is 0 Å². The van der Waals surface area contributed by atoms with Crippen molar-refractivity contribution >= 4 is 16.5 Å². The van der Waals surface area contributed by atoms with E-state index in [9.17, 15) is 14.3 Å². The lowest BCUT2D eigenvalue weighted by Gasteiger charge is -2.21. The van der Waals surface area contributed by atoms with E-state index in [1.165, 1.54) is 18.3 Å². The number of nitrogens with one attached hydrogen (secondary N) is 1. The molecular weight excluding hydrogens is 254 g/mol. The Bertz CT molecular complexity index is 461. The highest BCUT2D eigenvalue weighted by atomic mass is 32.2. The first-order valence-corrected chi connectivity index (χ1v) is 7.19. The molecule has 1 N–H and O–H groups in total.